The largest absolute Gasteiger partial charge is 0.0733 e. The molecule has 0 heterocycles. The van der Waals surface area contributed by atoms with E-state index in [1.807, 2.05) is 0 Å². The summed E-state index contributed by atoms with van der Waals surface area (Å²) in [6, 6.07) is 0. The fraction of sp³-hybridized carbons (Fsp3) is 0.650. The van der Waals surface area contributed by atoms with E-state index >= 15 is 0 Å². The highest BCUT2D eigenvalue weighted by Crippen LogP contribution is 2.46. The van der Waals surface area contributed by atoms with Crippen molar-refractivity contribution in [2.75, 3.05) is 0 Å². The number of allylic oxidation sites excluding steroid dienone is 14. The minimum Gasteiger partial charge on any atom is -0.0733 e. The Kier molecular flexibility index (Phi) is 14.3. The van der Waals surface area contributed by atoms with Gasteiger partial charge in [-0.2, -0.15) is 0 Å². The van der Waals surface area contributed by atoms with Crippen molar-refractivity contribution in [2.45, 2.75) is 140 Å². The summed E-state index contributed by atoms with van der Waals surface area (Å²) in [7, 11) is 0. The van der Waals surface area contributed by atoms with Crippen LogP contribution in [-0.4, -0.2) is 0 Å². The second kappa shape index (κ2) is 16.6. The van der Waals surface area contributed by atoms with Crippen molar-refractivity contribution in [3.8, 4) is 0 Å². The van der Waals surface area contributed by atoms with Crippen LogP contribution >= 0.6 is 0 Å². The fourth-order valence-electron chi connectivity index (χ4n) is 7.25. The summed E-state index contributed by atoms with van der Waals surface area (Å²) < 4.78 is 0. The molecule has 0 amide bonds. The van der Waals surface area contributed by atoms with E-state index in [4.69, 9.17) is 0 Å². The average Bonchev–Trinajstić information content (AvgIpc) is 2.85. The minimum atomic E-state index is 0.302. The molecule has 0 nitrogen and oxygen atoms in total. The second-order valence-corrected chi connectivity index (χ2v) is 14.9. The molecule has 0 aliphatic heterocycles. The van der Waals surface area contributed by atoms with E-state index in [1.54, 1.807) is 5.57 Å². The highest BCUT2D eigenvalue weighted by Gasteiger charge is 2.36. The zero-order valence-corrected chi connectivity index (χ0v) is 28.2. The van der Waals surface area contributed by atoms with Crippen LogP contribution in [0.15, 0.2) is 82.5 Å². The molecule has 3 atom stereocenters. The van der Waals surface area contributed by atoms with Gasteiger partial charge in [0.2, 0.25) is 0 Å². The van der Waals surface area contributed by atoms with Gasteiger partial charge in [-0.1, -0.05) is 144 Å². The van der Waals surface area contributed by atoms with E-state index in [0.29, 0.717) is 10.8 Å². The van der Waals surface area contributed by atoms with Crippen LogP contribution in [0.4, 0.5) is 0 Å². The smallest absolute Gasteiger partial charge is 0.0104 e. The number of rotatable bonds is 13. The molecule has 0 N–H and O–H groups in total. The molecule has 0 aromatic rings. The Morgan fingerprint density at radius 3 is 2.25 bits per heavy atom. The van der Waals surface area contributed by atoms with Gasteiger partial charge in [0, 0.05) is 0 Å². The van der Waals surface area contributed by atoms with Gasteiger partial charge in [0.05, 0.1) is 0 Å². The predicted octanol–water partition coefficient (Wildman–Crippen LogP) is 13.1. The van der Waals surface area contributed by atoms with Crippen molar-refractivity contribution in [1.29, 1.82) is 0 Å². The van der Waals surface area contributed by atoms with Crippen LogP contribution in [-0.2, 0) is 0 Å². The lowest BCUT2D eigenvalue weighted by Crippen LogP contribution is -2.33. The van der Waals surface area contributed by atoms with Crippen molar-refractivity contribution in [3.63, 3.8) is 0 Å². The maximum absolute atomic E-state index is 2.52. The lowest BCUT2D eigenvalue weighted by molar-refractivity contribution is 0.0707. The molecule has 1 unspecified atom stereocenters. The number of hydrogen-bond acceptors (Lipinski definition) is 0. The SMILES string of the molecule is CC1=C(/C=C/C(C)=C/C=C/C(C)=C/C=C/C=C(\C)CCCC(C)CC[C@H]2[C@H](C)CCCC2(C)C)C(C)(C)CCC1. The summed E-state index contributed by atoms with van der Waals surface area (Å²) in [5, 5.41) is 0. The van der Waals surface area contributed by atoms with Crippen molar-refractivity contribution >= 4 is 0 Å². The molecule has 224 valence electrons. The lowest BCUT2D eigenvalue weighted by atomic mass is 9.62. The Bertz CT molecular complexity index is 997. The third kappa shape index (κ3) is 12.0. The lowest BCUT2D eigenvalue weighted by Gasteiger charge is -2.43. The van der Waals surface area contributed by atoms with Gasteiger partial charge in [-0.15, -0.1) is 0 Å². The van der Waals surface area contributed by atoms with Gasteiger partial charge in [-0.3, -0.25) is 0 Å². The van der Waals surface area contributed by atoms with E-state index < -0.39 is 0 Å². The monoisotopic (exact) mass is 545 g/mol. The first-order valence-electron chi connectivity index (χ1n) is 16.6. The first kappa shape index (κ1) is 34.4. The van der Waals surface area contributed by atoms with Gasteiger partial charge >= 0.3 is 0 Å². The molecule has 0 radical (unpaired) electrons. The van der Waals surface area contributed by atoms with Gasteiger partial charge in [-0.25, -0.2) is 0 Å². The van der Waals surface area contributed by atoms with Crippen LogP contribution in [0.2, 0.25) is 0 Å². The summed E-state index contributed by atoms with van der Waals surface area (Å²) >= 11 is 0. The molecule has 0 aromatic carbocycles. The molecule has 40 heavy (non-hydrogen) atoms. The average molecular weight is 545 g/mol. The van der Waals surface area contributed by atoms with E-state index in [9.17, 15) is 0 Å². The Morgan fingerprint density at radius 2 is 1.55 bits per heavy atom. The van der Waals surface area contributed by atoms with Crippen molar-refractivity contribution in [2.24, 2.45) is 28.6 Å². The van der Waals surface area contributed by atoms with E-state index in [2.05, 4.69) is 124 Å². The predicted molar refractivity (Wildman–Crippen MR) is 182 cm³/mol. The van der Waals surface area contributed by atoms with E-state index in [0.717, 1.165) is 17.8 Å². The molecule has 2 aliphatic rings. The molecule has 0 heteroatoms. The molecular formula is C40H64. The van der Waals surface area contributed by atoms with Crippen LogP contribution < -0.4 is 0 Å². The van der Waals surface area contributed by atoms with Crippen molar-refractivity contribution in [1.82, 2.24) is 0 Å². The fourth-order valence-corrected chi connectivity index (χ4v) is 7.25. The number of hydrogen-bond donors (Lipinski definition) is 0. The molecule has 2 aliphatic carbocycles. The quantitative estimate of drug-likeness (QED) is 0.202. The van der Waals surface area contributed by atoms with Crippen LogP contribution in [0, 0.1) is 28.6 Å². The maximum Gasteiger partial charge on any atom is -0.0104 e. The molecule has 0 aromatic heterocycles. The summed E-state index contributed by atoms with van der Waals surface area (Å²) in [5.74, 6) is 2.67. The van der Waals surface area contributed by atoms with Crippen LogP contribution in [0.1, 0.15) is 140 Å². The second-order valence-electron chi connectivity index (χ2n) is 14.9. The van der Waals surface area contributed by atoms with Crippen molar-refractivity contribution < 1.29 is 0 Å². The molecule has 1 saturated carbocycles. The van der Waals surface area contributed by atoms with Crippen molar-refractivity contribution in [3.05, 3.63) is 82.5 Å². The Hall–Kier alpha value is -1.82. The van der Waals surface area contributed by atoms with Gasteiger partial charge in [0.25, 0.3) is 0 Å². The summed E-state index contributed by atoms with van der Waals surface area (Å²) in [4.78, 5) is 0. The first-order chi connectivity index (χ1) is 18.8. The van der Waals surface area contributed by atoms with Gasteiger partial charge in [0.15, 0.2) is 0 Å². The first-order valence-corrected chi connectivity index (χ1v) is 16.6. The summed E-state index contributed by atoms with van der Waals surface area (Å²) in [6.07, 6.45) is 35.0. The normalized spacial score (nSPS) is 25.5. The Balaban J connectivity index is 1.72. The standard InChI is InChI=1S/C40H64/c1-31(19-13-21-33(3)25-27-37-35(5)23-15-29-39(37,7)8)17-11-12-18-32(2)20-14-22-34(4)26-28-38-36(6)24-16-30-40(38,9)10/h11-13,17-19,21,25,27,34,36,38H,14-16,20,22-24,26,28-30H2,1-10H3/b12-11+,19-13+,27-25+,31-17+,32-18+,33-21+/t34?,36-,38+/m1/s1. The van der Waals surface area contributed by atoms with Crippen LogP contribution in [0.3, 0.4) is 0 Å². The molecule has 1 fully saturated rings. The van der Waals surface area contributed by atoms with Crippen LogP contribution in [0.5, 0.6) is 0 Å². The Labute approximate surface area is 250 Å². The highest BCUT2D eigenvalue weighted by molar-refractivity contribution is 5.37. The van der Waals surface area contributed by atoms with Gasteiger partial charge < -0.3 is 0 Å². The summed E-state index contributed by atoms with van der Waals surface area (Å²) in [5.41, 5.74) is 7.99. The minimum absolute atomic E-state index is 0.302. The zero-order valence-electron chi connectivity index (χ0n) is 28.2. The highest BCUT2D eigenvalue weighted by atomic mass is 14.4. The van der Waals surface area contributed by atoms with E-state index in [-0.39, 0.29) is 0 Å². The van der Waals surface area contributed by atoms with Gasteiger partial charge in [0.1, 0.15) is 0 Å². The molecule has 2 rings (SSSR count). The third-order valence-electron chi connectivity index (χ3n) is 10.0. The topological polar surface area (TPSA) is 0 Å². The van der Waals surface area contributed by atoms with Gasteiger partial charge in [-0.05, 0) is 107 Å². The maximum atomic E-state index is 2.52. The molecule has 0 saturated heterocycles. The Morgan fingerprint density at radius 1 is 0.875 bits per heavy atom. The summed E-state index contributed by atoms with van der Waals surface area (Å²) in [6.45, 7) is 23.7. The molecular weight excluding hydrogens is 480 g/mol. The molecule has 0 bridgehead atoms. The van der Waals surface area contributed by atoms with E-state index in [1.165, 1.54) is 92.9 Å². The molecule has 0 spiro atoms. The third-order valence-corrected chi connectivity index (χ3v) is 10.0. The zero-order chi connectivity index (χ0) is 29.8. The van der Waals surface area contributed by atoms with Crippen LogP contribution in [0.25, 0.3) is 0 Å².